The van der Waals surface area contributed by atoms with Gasteiger partial charge in [0.15, 0.2) is 0 Å². The van der Waals surface area contributed by atoms with Gasteiger partial charge >= 0.3 is 6.18 Å². The second-order valence-electron chi connectivity index (χ2n) is 4.24. The molecule has 0 aliphatic heterocycles. The lowest BCUT2D eigenvalue weighted by atomic mass is 10.1. The van der Waals surface area contributed by atoms with Crippen LogP contribution >= 0.6 is 0 Å². The minimum absolute atomic E-state index is 0.0145. The third kappa shape index (κ3) is 1.58. The van der Waals surface area contributed by atoms with Gasteiger partial charge in [-0.3, -0.25) is 4.98 Å². The number of halogens is 3. The van der Waals surface area contributed by atoms with E-state index in [0.29, 0.717) is 15.5 Å². The van der Waals surface area contributed by atoms with Gasteiger partial charge in [-0.1, -0.05) is 6.07 Å². The maximum absolute atomic E-state index is 12.7. The molecule has 4 nitrogen and oxygen atoms in total. The summed E-state index contributed by atoms with van der Waals surface area (Å²) in [5.41, 5.74) is -0.638. The topological polar surface area (TPSA) is 61.8 Å². The van der Waals surface area contributed by atoms with Crippen molar-refractivity contribution in [2.24, 2.45) is 0 Å². The third-order valence-electron chi connectivity index (χ3n) is 3.09. The average molecular weight is 277 g/mol. The monoisotopic (exact) mass is 277 g/mol. The van der Waals surface area contributed by atoms with Crippen molar-refractivity contribution in [1.82, 2.24) is 9.71 Å². The first-order valence-electron chi connectivity index (χ1n) is 5.52. The summed E-state index contributed by atoms with van der Waals surface area (Å²) in [6.45, 7) is 0. The number of nitriles is 1. The average Bonchev–Trinajstić information content (AvgIpc) is 2.71. The number of pyridine rings is 1. The minimum atomic E-state index is -4.50. The Morgan fingerprint density at radius 2 is 1.95 bits per heavy atom. The number of aromatic nitrogens is 2. The molecule has 3 rings (SSSR count). The molecule has 0 atom stereocenters. The quantitative estimate of drug-likeness (QED) is 0.641. The van der Waals surface area contributed by atoms with Crippen LogP contribution in [0.3, 0.4) is 0 Å². The molecule has 2 aromatic heterocycles. The smallest absolute Gasteiger partial charge is 0.416 e. The number of benzene rings is 1. The van der Waals surface area contributed by atoms with E-state index >= 15 is 0 Å². The van der Waals surface area contributed by atoms with Crippen molar-refractivity contribution in [3.63, 3.8) is 0 Å². The maximum Gasteiger partial charge on any atom is 0.416 e. The van der Waals surface area contributed by atoms with Crippen LogP contribution in [0, 0.1) is 11.3 Å². The Morgan fingerprint density at radius 3 is 2.60 bits per heavy atom. The van der Waals surface area contributed by atoms with Gasteiger partial charge in [0.2, 0.25) is 0 Å². The van der Waals surface area contributed by atoms with Gasteiger partial charge in [0.05, 0.1) is 16.6 Å². The molecule has 100 valence electrons. The van der Waals surface area contributed by atoms with E-state index in [2.05, 4.69) is 4.98 Å². The second kappa shape index (κ2) is 3.87. The Labute approximate surface area is 110 Å². The summed E-state index contributed by atoms with van der Waals surface area (Å²) in [6, 6.07) is 4.89. The zero-order valence-corrected chi connectivity index (χ0v) is 9.81. The molecule has 0 amide bonds. The molecule has 0 spiro atoms. The predicted molar refractivity (Wildman–Crippen MR) is 64.1 cm³/mol. The van der Waals surface area contributed by atoms with Crippen molar-refractivity contribution in [2.45, 2.75) is 6.18 Å². The molecule has 0 fully saturated rings. The van der Waals surface area contributed by atoms with Crippen molar-refractivity contribution in [1.29, 1.82) is 5.26 Å². The molecule has 0 aliphatic carbocycles. The molecule has 0 bridgehead atoms. The third-order valence-corrected chi connectivity index (χ3v) is 3.09. The van der Waals surface area contributed by atoms with E-state index in [4.69, 9.17) is 5.26 Å². The molecule has 20 heavy (non-hydrogen) atoms. The number of hydrogen-bond donors (Lipinski definition) is 1. The van der Waals surface area contributed by atoms with Crippen LogP contribution in [0.15, 0.2) is 30.6 Å². The summed E-state index contributed by atoms with van der Waals surface area (Å²) in [6.07, 6.45) is -1.85. The molecule has 0 unspecified atom stereocenters. The van der Waals surface area contributed by atoms with E-state index < -0.39 is 11.7 Å². The predicted octanol–water partition coefficient (Wildman–Crippen LogP) is 3.32. The first-order valence-corrected chi connectivity index (χ1v) is 5.52. The van der Waals surface area contributed by atoms with E-state index in [1.807, 2.05) is 6.07 Å². The molecule has 7 heteroatoms. The van der Waals surface area contributed by atoms with Gasteiger partial charge in [-0.25, -0.2) is 0 Å². The highest BCUT2D eigenvalue weighted by Crippen LogP contribution is 2.35. The van der Waals surface area contributed by atoms with Crippen molar-refractivity contribution in [3.05, 3.63) is 41.7 Å². The first kappa shape index (κ1) is 12.3. The fourth-order valence-electron chi connectivity index (χ4n) is 2.19. The number of nitrogens with zero attached hydrogens (tertiary/aromatic N) is 3. The van der Waals surface area contributed by atoms with E-state index in [9.17, 15) is 18.4 Å². The fraction of sp³-hybridized carbons (Fsp3) is 0.0769. The van der Waals surface area contributed by atoms with E-state index in [1.54, 1.807) is 0 Å². The zero-order chi connectivity index (χ0) is 14.5. The van der Waals surface area contributed by atoms with Crippen LogP contribution in [0.4, 0.5) is 13.2 Å². The highest BCUT2D eigenvalue weighted by molar-refractivity contribution is 6.09. The number of fused-ring (bicyclic) bond motifs is 3. The van der Waals surface area contributed by atoms with Gasteiger partial charge in [0, 0.05) is 23.2 Å². The van der Waals surface area contributed by atoms with Gasteiger partial charge in [-0.15, -0.1) is 0 Å². The largest absolute Gasteiger partial charge is 0.428 e. The zero-order valence-electron chi connectivity index (χ0n) is 9.81. The standard InChI is InChI=1S/C13H6F3N3O/c14-13(15,16)8-1-2-9-10-6-18-5-7(4-17)12(10)19(20)11(9)3-8/h1-3,5-6,20H. The van der Waals surface area contributed by atoms with Gasteiger partial charge in [-0.05, 0) is 12.1 Å². The molecule has 1 aromatic carbocycles. The molecule has 0 aliphatic rings. The summed E-state index contributed by atoms with van der Waals surface area (Å²) in [7, 11) is 0. The number of rotatable bonds is 0. The van der Waals surface area contributed by atoms with Gasteiger partial charge < -0.3 is 5.21 Å². The summed E-state index contributed by atoms with van der Waals surface area (Å²) < 4.78 is 38.7. The molecule has 0 saturated carbocycles. The van der Waals surface area contributed by atoms with Crippen LogP contribution in [0.1, 0.15) is 11.1 Å². The van der Waals surface area contributed by atoms with E-state index in [-0.39, 0.29) is 16.6 Å². The lowest BCUT2D eigenvalue weighted by Gasteiger charge is -2.06. The Bertz CT molecular complexity index is 874. The highest BCUT2D eigenvalue weighted by Gasteiger charge is 2.31. The summed E-state index contributed by atoms with van der Waals surface area (Å²) in [4.78, 5) is 3.85. The number of alkyl halides is 3. The van der Waals surface area contributed by atoms with Crippen molar-refractivity contribution in [3.8, 4) is 6.07 Å². The van der Waals surface area contributed by atoms with E-state index in [0.717, 1.165) is 12.1 Å². The molecule has 3 aromatic rings. The normalized spacial score (nSPS) is 11.9. The molecule has 1 N–H and O–H groups in total. The lowest BCUT2D eigenvalue weighted by molar-refractivity contribution is -0.137. The van der Waals surface area contributed by atoms with Crippen LogP contribution < -0.4 is 0 Å². The Kier molecular flexibility index (Phi) is 2.38. The van der Waals surface area contributed by atoms with Gasteiger partial charge in [-0.2, -0.15) is 23.2 Å². The van der Waals surface area contributed by atoms with Crippen LogP contribution in [0.5, 0.6) is 0 Å². The summed E-state index contributed by atoms with van der Waals surface area (Å²) in [5.74, 6) is 0. The van der Waals surface area contributed by atoms with Crippen LogP contribution in [0.25, 0.3) is 21.8 Å². The summed E-state index contributed by atoms with van der Waals surface area (Å²) in [5, 5.41) is 19.8. The SMILES string of the molecule is N#Cc1cncc2c3ccc(C(F)(F)F)cc3n(O)c12. The molecule has 0 radical (unpaired) electrons. The van der Waals surface area contributed by atoms with Gasteiger partial charge in [0.1, 0.15) is 11.6 Å². The van der Waals surface area contributed by atoms with Crippen molar-refractivity contribution in [2.75, 3.05) is 0 Å². The molecule has 2 heterocycles. The summed E-state index contributed by atoms with van der Waals surface area (Å²) >= 11 is 0. The maximum atomic E-state index is 12.7. The highest BCUT2D eigenvalue weighted by atomic mass is 19.4. The van der Waals surface area contributed by atoms with E-state index in [1.165, 1.54) is 18.5 Å². The first-order chi connectivity index (χ1) is 9.43. The van der Waals surface area contributed by atoms with Crippen LogP contribution in [-0.4, -0.2) is 14.9 Å². The van der Waals surface area contributed by atoms with Crippen molar-refractivity contribution < 1.29 is 18.4 Å². The number of hydrogen-bond acceptors (Lipinski definition) is 3. The minimum Gasteiger partial charge on any atom is -0.428 e. The van der Waals surface area contributed by atoms with Crippen LogP contribution in [-0.2, 0) is 6.18 Å². The van der Waals surface area contributed by atoms with Crippen LogP contribution in [0.2, 0.25) is 0 Å². The molecular formula is C13H6F3N3O. The van der Waals surface area contributed by atoms with Gasteiger partial charge in [0.25, 0.3) is 0 Å². The second-order valence-corrected chi connectivity index (χ2v) is 4.24. The molecular weight excluding hydrogens is 271 g/mol. The van der Waals surface area contributed by atoms with Crippen molar-refractivity contribution >= 4 is 21.8 Å². The molecule has 0 saturated heterocycles. The Hall–Kier alpha value is -2.75. The lowest BCUT2D eigenvalue weighted by Crippen LogP contribution is -2.04. The fourth-order valence-corrected chi connectivity index (χ4v) is 2.19. The Morgan fingerprint density at radius 1 is 1.20 bits per heavy atom. The Balaban J connectivity index is 2.47.